The van der Waals surface area contributed by atoms with Gasteiger partial charge in [-0.1, -0.05) is 42.8 Å². The Labute approximate surface area is 176 Å². The molecule has 2 aromatic carbocycles. The maximum absolute atomic E-state index is 12.2. The Morgan fingerprint density at radius 1 is 1.13 bits per heavy atom. The maximum Gasteiger partial charge on any atom is 0.407 e. The number of hydrogen-bond acceptors (Lipinski definition) is 3. The molecule has 3 N–H and O–H groups in total. The van der Waals surface area contributed by atoms with E-state index in [1.54, 1.807) is 7.05 Å². The zero-order valence-electron chi connectivity index (χ0n) is 17.1. The Morgan fingerprint density at radius 3 is 2.77 bits per heavy atom. The highest BCUT2D eigenvalue weighted by molar-refractivity contribution is 5.98. The number of rotatable bonds is 5. The van der Waals surface area contributed by atoms with E-state index in [1.165, 1.54) is 5.56 Å². The molecule has 2 unspecified atom stereocenters. The molecule has 1 aliphatic rings. The van der Waals surface area contributed by atoms with Gasteiger partial charge in [0.1, 0.15) is 6.61 Å². The first kappa shape index (κ1) is 20.0. The third kappa shape index (κ3) is 4.48. The molecule has 3 aromatic rings. The molecule has 30 heavy (non-hydrogen) atoms. The fourth-order valence-corrected chi connectivity index (χ4v) is 4.31. The van der Waals surface area contributed by atoms with E-state index in [0.29, 0.717) is 11.5 Å². The van der Waals surface area contributed by atoms with Gasteiger partial charge in [-0.2, -0.15) is 0 Å². The minimum absolute atomic E-state index is 0.0935. The Hall–Kier alpha value is -3.28. The predicted molar refractivity (Wildman–Crippen MR) is 116 cm³/mol. The second kappa shape index (κ2) is 9.03. The third-order valence-electron chi connectivity index (χ3n) is 5.85. The molecule has 2 atom stereocenters. The molecular formula is C24H27N3O3. The van der Waals surface area contributed by atoms with Gasteiger partial charge in [-0.25, -0.2) is 4.79 Å². The van der Waals surface area contributed by atoms with Gasteiger partial charge in [0.2, 0.25) is 0 Å². The van der Waals surface area contributed by atoms with Crippen molar-refractivity contribution in [3.05, 3.63) is 71.4 Å². The number of carbonyl (C=O) groups is 2. The lowest BCUT2D eigenvalue weighted by Gasteiger charge is -2.29. The molecule has 156 valence electrons. The summed E-state index contributed by atoms with van der Waals surface area (Å²) in [5, 5.41) is 6.83. The van der Waals surface area contributed by atoms with Gasteiger partial charge < -0.3 is 20.4 Å². The van der Waals surface area contributed by atoms with Crippen LogP contribution in [0.3, 0.4) is 0 Å². The third-order valence-corrected chi connectivity index (χ3v) is 5.85. The monoisotopic (exact) mass is 405 g/mol. The summed E-state index contributed by atoms with van der Waals surface area (Å²) >= 11 is 0. The number of ether oxygens (including phenoxy) is 1. The number of nitrogens with one attached hydrogen (secondary N) is 3. The zero-order chi connectivity index (χ0) is 20.9. The van der Waals surface area contributed by atoms with Crippen LogP contribution < -0.4 is 10.6 Å². The van der Waals surface area contributed by atoms with Crippen LogP contribution in [0.2, 0.25) is 0 Å². The van der Waals surface area contributed by atoms with Gasteiger partial charge in [0.05, 0.1) is 0 Å². The number of fused-ring (bicyclic) bond motifs is 1. The minimum Gasteiger partial charge on any atom is -0.445 e. The summed E-state index contributed by atoms with van der Waals surface area (Å²) in [6, 6.07) is 15.5. The summed E-state index contributed by atoms with van der Waals surface area (Å²) in [6.07, 6.45) is 5.65. The number of carbonyl (C=O) groups excluding carboxylic acids is 2. The van der Waals surface area contributed by atoms with Crippen molar-refractivity contribution in [1.82, 2.24) is 15.6 Å². The molecular weight excluding hydrogens is 378 g/mol. The normalized spacial score (nSPS) is 18.7. The lowest BCUT2D eigenvalue weighted by molar-refractivity contribution is 0.0963. The summed E-state index contributed by atoms with van der Waals surface area (Å²) in [6.45, 7) is 0.277. The van der Waals surface area contributed by atoms with Gasteiger partial charge >= 0.3 is 6.09 Å². The second-order valence-electron chi connectivity index (χ2n) is 7.85. The zero-order valence-corrected chi connectivity index (χ0v) is 17.1. The van der Waals surface area contributed by atoms with E-state index < -0.39 is 0 Å². The summed E-state index contributed by atoms with van der Waals surface area (Å²) in [5.41, 5.74) is 3.83. The molecule has 0 spiro atoms. The fourth-order valence-electron chi connectivity index (χ4n) is 4.31. The summed E-state index contributed by atoms with van der Waals surface area (Å²) in [5.74, 6) is 0.266. The smallest absolute Gasteiger partial charge is 0.407 e. The van der Waals surface area contributed by atoms with Crippen molar-refractivity contribution >= 4 is 22.9 Å². The molecule has 0 bridgehead atoms. The topological polar surface area (TPSA) is 83.2 Å². The molecule has 1 heterocycles. The van der Waals surface area contributed by atoms with Crippen LogP contribution in [0.4, 0.5) is 4.79 Å². The van der Waals surface area contributed by atoms with Crippen molar-refractivity contribution in [3.63, 3.8) is 0 Å². The number of benzene rings is 2. The summed E-state index contributed by atoms with van der Waals surface area (Å²) in [7, 11) is 1.63. The number of hydrogen-bond donors (Lipinski definition) is 3. The van der Waals surface area contributed by atoms with E-state index in [0.717, 1.165) is 42.1 Å². The van der Waals surface area contributed by atoms with E-state index in [2.05, 4.69) is 15.6 Å². The van der Waals surface area contributed by atoms with Gasteiger partial charge in [-0.15, -0.1) is 0 Å². The highest BCUT2D eigenvalue weighted by atomic mass is 16.5. The molecule has 1 aliphatic carbocycles. The van der Waals surface area contributed by atoms with Crippen LogP contribution in [0.25, 0.3) is 10.9 Å². The number of H-pyrrole nitrogens is 1. The van der Waals surface area contributed by atoms with E-state index in [-0.39, 0.29) is 24.6 Å². The Balaban J connectivity index is 1.39. The lowest BCUT2D eigenvalue weighted by atomic mass is 9.81. The first-order chi connectivity index (χ1) is 14.6. The molecule has 0 aliphatic heterocycles. The first-order valence-electron chi connectivity index (χ1n) is 10.4. The van der Waals surface area contributed by atoms with Gasteiger partial charge in [-0.3, -0.25) is 4.79 Å². The summed E-state index contributed by atoms with van der Waals surface area (Å²) in [4.78, 5) is 27.4. The van der Waals surface area contributed by atoms with Crippen LogP contribution in [0.15, 0.2) is 54.7 Å². The van der Waals surface area contributed by atoms with Gasteiger partial charge in [-0.05, 0) is 48.4 Å². The molecule has 6 heteroatoms. The molecule has 1 aromatic heterocycles. The van der Waals surface area contributed by atoms with Crippen molar-refractivity contribution in [2.24, 2.45) is 0 Å². The van der Waals surface area contributed by atoms with Gasteiger partial charge in [0.25, 0.3) is 5.91 Å². The van der Waals surface area contributed by atoms with Crippen LogP contribution in [0.1, 0.15) is 53.1 Å². The standard InChI is InChI=1S/C24H27N3O3/c1-25-23(28)18-10-11-20-21(14-26-22(20)13-18)17-8-5-9-19(12-17)27-24(29)30-15-16-6-3-2-4-7-16/h2-4,6-7,10-11,13-14,17,19,26H,5,8-9,12,15H2,1H3,(H,25,28)(H,27,29). The largest absolute Gasteiger partial charge is 0.445 e. The SMILES string of the molecule is CNC(=O)c1ccc2c(C3CCCC(NC(=O)OCc4ccccc4)C3)c[nH]c2c1. The van der Waals surface area contributed by atoms with E-state index in [4.69, 9.17) is 4.74 Å². The number of aromatic nitrogens is 1. The number of amides is 2. The Bertz CT molecular complexity index is 1030. The maximum atomic E-state index is 12.2. The molecule has 1 fully saturated rings. The highest BCUT2D eigenvalue weighted by Crippen LogP contribution is 2.37. The van der Waals surface area contributed by atoms with Gasteiger partial charge in [0, 0.05) is 35.8 Å². The van der Waals surface area contributed by atoms with Crippen LogP contribution in [-0.4, -0.2) is 30.1 Å². The molecule has 6 nitrogen and oxygen atoms in total. The van der Waals surface area contributed by atoms with E-state index in [1.807, 2.05) is 54.7 Å². The van der Waals surface area contributed by atoms with Gasteiger partial charge in [0.15, 0.2) is 0 Å². The molecule has 0 saturated heterocycles. The van der Waals surface area contributed by atoms with Crippen molar-refractivity contribution in [2.75, 3.05) is 7.05 Å². The average molecular weight is 405 g/mol. The average Bonchev–Trinajstić information content (AvgIpc) is 3.21. The fraction of sp³-hybridized carbons (Fsp3) is 0.333. The first-order valence-corrected chi connectivity index (χ1v) is 10.4. The quantitative estimate of drug-likeness (QED) is 0.585. The molecule has 2 amide bonds. The summed E-state index contributed by atoms with van der Waals surface area (Å²) < 4.78 is 5.38. The van der Waals surface area contributed by atoms with E-state index >= 15 is 0 Å². The predicted octanol–water partition coefficient (Wildman–Crippen LogP) is 4.48. The van der Waals surface area contributed by atoms with Crippen LogP contribution >= 0.6 is 0 Å². The molecule has 4 rings (SSSR count). The van der Waals surface area contributed by atoms with Crippen LogP contribution in [-0.2, 0) is 11.3 Å². The number of alkyl carbamates (subject to hydrolysis) is 1. The minimum atomic E-state index is -0.362. The lowest BCUT2D eigenvalue weighted by Crippen LogP contribution is -2.38. The number of aromatic amines is 1. The van der Waals surface area contributed by atoms with E-state index in [9.17, 15) is 9.59 Å². The highest BCUT2D eigenvalue weighted by Gasteiger charge is 2.26. The van der Waals surface area contributed by atoms with Crippen molar-refractivity contribution < 1.29 is 14.3 Å². The van der Waals surface area contributed by atoms with Crippen LogP contribution in [0, 0.1) is 0 Å². The van der Waals surface area contributed by atoms with Crippen molar-refractivity contribution in [3.8, 4) is 0 Å². The second-order valence-corrected chi connectivity index (χ2v) is 7.85. The molecule has 1 saturated carbocycles. The molecule has 0 radical (unpaired) electrons. The Kier molecular flexibility index (Phi) is 6.02. The van der Waals surface area contributed by atoms with Crippen molar-refractivity contribution in [1.29, 1.82) is 0 Å². The van der Waals surface area contributed by atoms with Crippen molar-refractivity contribution in [2.45, 2.75) is 44.2 Å². The van der Waals surface area contributed by atoms with Crippen LogP contribution in [0.5, 0.6) is 0 Å². The Morgan fingerprint density at radius 2 is 1.97 bits per heavy atom.